The molecule has 0 amide bonds. The minimum atomic E-state index is 0.000417. The maximum absolute atomic E-state index is 12.7. The third kappa shape index (κ3) is 2.26. The Kier molecular flexibility index (Phi) is 3.32. The summed E-state index contributed by atoms with van der Waals surface area (Å²) in [6.07, 6.45) is 1.42. The van der Waals surface area contributed by atoms with Crippen LogP contribution in [0.1, 0.15) is 29.9 Å². The monoisotopic (exact) mass is 389 g/mol. The number of fused-ring (bicyclic) bond motifs is 3. The molecule has 2 aliphatic rings. The fourth-order valence-electron chi connectivity index (χ4n) is 4.15. The predicted octanol–water partition coefficient (Wildman–Crippen LogP) is 5.78. The van der Waals surface area contributed by atoms with Crippen LogP contribution in [0.4, 0.5) is 5.69 Å². The van der Waals surface area contributed by atoms with Crippen molar-refractivity contribution in [1.82, 2.24) is 0 Å². The van der Waals surface area contributed by atoms with Crippen LogP contribution in [0, 0.1) is 0 Å². The van der Waals surface area contributed by atoms with E-state index in [4.69, 9.17) is 0 Å². The highest BCUT2D eigenvalue weighted by molar-refractivity contribution is 9.10. The summed E-state index contributed by atoms with van der Waals surface area (Å²) in [5, 5.41) is 5.96. The first-order valence-corrected chi connectivity index (χ1v) is 9.32. The normalized spacial score (nSPS) is 18.9. The van der Waals surface area contributed by atoms with Gasteiger partial charge in [0.1, 0.15) is 0 Å². The minimum Gasteiger partial charge on any atom is -0.358 e. The molecule has 0 spiro atoms. The average Bonchev–Trinajstić information content (AvgIpc) is 3.01. The molecule has 25 heavy (non-hydrogen) atoms. The molecule has 1 aliphatic heterocycles. The van der Waals surface area contributed by atoms with Gasteiger partial charge in [-0.25, -0.2) is 0 Å². The van der Waals surface area contributed by atoms with Crippen LogP contribution in [-0.2, 0) is 4.79 Å². The number of hydrogen-bond donors (Lipinski definition) is 1. The van der Waals surface area contributed by atoms with E-state index >= 15 is 0 Å². The summed E-state index contributed by atoms with van der Waals surface area (Å²) in [6, 6.07) is 21.1. The van der Waals surface area contributed by atoms with Crippen molar-refractivity contribution >= 4 is 38.2 Å². The van der Waals surface area contributed by atoms with E-state index in [9.17, 15) is 4.79 Å². The molecule has 1 N–H and O–H groups in total. The molecule has 0 radical (unpaired) electrons. The quantitative estimate of drug-likeness (QED) is 0.571. The molecular weight excluding hydrogens is 374 g/mol. The number of allylic oxidation sites excluding steroid dienone is 2. The van der Waals surface area contributed by atoms with E-state index in [0.717, 1.165) is 27.9 Å². The Morgan fingerprint density at radius 3 is 2.56 bits per heavy atom. The van der Waals surface area contributed by atoms with Crippen LogP contribution in [-0.4, -0.2) is 5.78 Å². The number of halogens is 1. The Balaban J connectivity index is 1.83. The van der Waals surface area contributed by atoms with Gasteiger partial charge in [-0.3, -0.25) is 4.79 Å². The Morgan fingerprint density at radius 1 is 0.920 bits per heavy atom. The van der Waals surface area contributed by atoms with Gasteiger partial charge in [0.05, 0.1) is 0 Å². The molecule has 3 aromatic rings. The predicted molar refractivity (Wildman–Crippen MR) is 105 cm³/mol. The number of ketones is 1. The number of carbonyl (C=O) groups is 1. The molecule has 0 aromatic heterocycles. The molecule has 2 nitrogen and oxygen atoms in total. The van der Waals surface area contributed by atoms with E-state index < -0.39 is 0 Å². The second kappa shape index (κ2) is 5.57. The summed E-state index contributed by atoms with van der Waals surface area (Å²) in [5.74, 6) is 0.273. The zero-order valence-corrected chi connectivity index (χ0v) is 15.1. The lowest BCUT2D eigenvalue weighted by atomic mass is 9.78. The van der Waals surface area contributed by atoms with Gasteiger partial charge < -0.3 is 5.32 Å². The lowest BCUT2D eigenvalue weighted by molar-refractivity contribution is -0.115. The van der Waals surface area contributed by atoms with Gasteiger partial charge in [0.25, 0.3) is 0 Å². The zero-order chi connectivity index (χ0) is 17.0. The molecule has 3 aromatic carbocycles. The molecule has 1 aliphatic carbocycles. The Hall–Kier alpha value is -2.39. The first-order chi connectivity index (χ1) is 12.2. The highest BCUT2D eigenvalue weighted by atomic mass is 79.9. The number of hydrogen-bond acceptors (Lipinski definition) is 2. The molecule has 0 fully saturated rings. The Bertz CT molecular complexity index is 1050. The van der Waals surface area contributed by atoms with Crippen LogP contribution in [0.2, 0.25) is 0 Å². The highest BCUT2D eigenvalue weighted by Crippen LogP contribution is 2.48. The number of benzene rings is 3. The van der Waals surface area contributed by atoms with E-state index in [1.54, 1.807) is 0 Å². The third-order valence-electron chi connectivity index (χ3n) is 5.26. The zero-order valence-electron chi connectivity index (χ0n) is 13.6. The number of Topliss-reactive ketones (excluding diaryl/α,β-unsaturated/α-hetero) is 1. The number of anilines is 1. The molecule has 1 heterocycles. The van der Waals surface area contributed by atoms with E-state index in [2.05, 4.69) is 81.9 Å². The standard InChI is InChI=1S/C22H16BrNO/c23-15-8-5-14(6-9-15)20-21-16-4-2-1-3-13(16)7-10-17(21)24-18-11-12-19(25)22(18)20/h1-10,20,24H,11-12H2/t20-/m1/s1. The lowest BCUT2D eigenvalue weighted by Crippen LogP contribution is -2.19. The van der Waals surface area contributed by atoms with E-state index in [1.807, 2.05) is 0 Å². The number of nitrogens with one attached hydrogen (secondary N) is 1. The number of rotatable bonds is 1. The van der Waals surface area contributed by atoms with Crippen LogP contribution in [0.3, 0.4) is 0 Å². The van der Waals surface area contributed by atoms with Crippen LogP contribution in [0.25, 0.3) is 10.8 Å². The molecule has 0 saturated carbocycles. The molecule has 0 bridgehead atoms. The summed E-state index contributed by atoms with van der Waals surface area (Å²) in [6.45, 7) is 0. The second-order valence-electron chi connectivity index (χ2n) is 6.67. The minimum absolute atomic E-state index is 0.000417. The fourth-order valence-corrected chi connectivity index (χ4v) is 4.42. The molecule has 5 rings (SSSR count). The molecule has 0 unspecified atom stereocenters. The molecule has 122 valence electrons. The second-order valence-corrected chi connectivity index (χ2v) is 7.59. The van der Waals surface area contributed by atoms with Crippen LogP contribution in [0.15, 0.2) is 76.4 Å². The van der Waals surface area contributed by atoms with Crippen molar-refractivity contribution in [2.24, 2.45) is 0 Å². The Morgan fingerprint density at radius 2 is 1.72 bits per heavy atom. The summed E-state index contributed by atoms with van der Waals surface area (Å²) in [5.41, 5.74) is 5.56. The van der Waals surface area contributed by atoms with Crippen molar-refractivity contribution in [3.63, 3.8) is 0 Å². The van der Waals surface area contributed by atoms with Gasteiger partial charge >= 0.3 is 0 Å². The summed E-state index contributed by atoms with van der Waals surface area (Å²) >= 11 is 3.52. The lowest BCUT2D eigenvalue weighted by Gasteiger charge is -2.30. The van der Waals surface area contributed by atoms with Gasteiger partial charge in [0.15, 0.2) is 5.78 Å². The van der Waals surface area contributed by atoms with Crippen LogP contribution in [0.5, 0.6) is 0 Å². The molecule has 3 heteroatoms. The largest absolute Gasteiger partial charge is 0.358 e. The Labute approximate surface area is 154 Å². The topological polar surface area (TPSA) is 29.1 Å². The average molecular weight is 390 g/mol. The number of carbonyl (C=O) groups excluding carboxylic acids is 1. The summed E-state index contributed by atoms with van der Waals surface area (Å²) in [4.78, 5) is 12.7. The van der Waals surface area contributed by atoms with Crippen molar-refractivity contribution in [3.8, 4) is 0 Å². The fraction of sp³-hybridized carbons (Fsp3) is 0.136. The van der Waals surface area contributed by atoms with Crippen molar-refractivity contribution in [3.05, 3.63) is 87.5 Å². The maximum Gasteiger partial charge on any atom is 0.161 e. The van der Waals surface area contributed by atoms with Crippen molar-refractivity contribution < 1.29 is 4.79 Å². The molecule has 0 saturated heterocycles. The van der Waals surface area contributed by atoms with Crippen molar-refractivity contribution in [1.29, 1.82) is 0 Å². The van der Waals surface area contributed by atoms with Gasteiger partial charge in [-0.05, 0) is 46.5 Å². The first kappa shape index (κ1) is 14.9. The maximum atomic E-state index is 12.7. The van der Waals surface area contributed by atoms with E-state index in [-0.39, 0.29) is 11.7 Å². The van der Waals surface area contributed by atoms with Gasteiger partial charge in [0.2, 0.25) is 0 Å². The van der Waals surface area contributed by atoms with E-state index in [0.29, 0.717) is 6.42 Å². The van der Waals surface area contributed by atoms with Gasteiger partial charge in [-0.1, -0.05) is 58.4 Å². The summed E-state index contributed by atoms with van der Waals surface area (Å²) in [7, 11) is 0. The smallest absolute Gasteiger partial charge is 0.161 e. The summed E-state index contributed by atoms with van der Waals surface area (Å²) < 4.78 is 1.05. The van der Waals surface area contributed by atoms with Crippen molar-refractivity contribution in [2.45, 2.75) is 18.8 Å². The highest BCUT2D eigenvalue weighted by Gasteiger charge is 2.37. The van der Waals surface area contributed by atoms with Gasteiger partial charge in [-0.2, -0.15) is 0 Å². The first-order valence-electron chi connectivity index (χ1n) is 8.53. The van der Waals surface area contributed by atoms with E-state index in [1.165, 1.54) is 21.9 Å². The molecular formula is C22H16BrNO. The van der Waals surface area contributed by atoms with Crippen LogP contribution < -0.4 is 5.32 Å². The van der Waals surface area contributed by atoms with Crippen molar-refractivity contribution in [2.75, 3.05) is 5.32 Å². The SMILES string of the molecule is O=C1CCC2=C1[C@H](c1ccc(Br)cc1)c1c(ccc3ccccc13)N2. The molecule has 1 atom stereocenters. The van der Waals surface area contributed by atoms with Gasteiger partial charge in [-0.15, -0.1) is 0 Å². The van der Waals surface area contributed by atoms with Crippen LogP contribution >= 0.6 is 15.9 Å². The third-order valence-corrected chi connectivity index (χ3v) is 5.79. The van der Waals surface area contributed by atoms with Gasteiger partial charge in [0, 0.05) is 33.8 Å².